The van der Waals surface area contributed by atoms with Gasteiger partial charge in [-0.25, -0.2) is 8.42 Å². The van der Waals surface area contributed by atoms with Crippen molar-refractivity contribution in [1.82, 2.24) is 10.2 Å². The van der Waals surface area contributed by atoms with Crippen LogP contribution in [0.3, 0.4) is 0 Å². The SMILES string of the molecule is CC[C@@H](C)NC(=O)[C@@H](CC)N(Cc1cccc(C)c1)C(=O)CCCN(c1ccccc1OC)S(C)(=O)=O. The molecule has 0 radical (unpaired) electrons. The minimum atomic E-state index is -3.61. The van der Waals surface area contributed by atoms with Gasteiger partial charge in [-0.05, 0) is 50.8 Å². The molecule has 0 spiro atoms. The molecular weight excluding hydrogens is 490 g/mol. The lowest BCUT2D eigenvalue weighted by Gasteiger charge is -2.32. The lowest BCUT2D eigenvalue weighted by atomic mass is 10.1. The van der Waals surface area contributed by atoms with E-state index in [9.17, 15) is 18.0 Å². The number of rotatable bonds is 14. The zero-order valence-corrected chi connectivity index (χ0v) is 23.7. The van der Waals surface area contributed by atoms with Gasteiger partial charge in [0.2, 0.25) is 21.8 Å². The topological polar surface area (TPSA) is 96.0 Å². The minimum Gasteiger partial charge on any atom is -0.495 e. The number of nitrogens with one attached hydrogen (secondary N) is 1. The Balaban J connectivity index is 2.25. The maximum atomic E-state index is 13.5. The van der Waals surface area contributed by atoms with E-state index in [1.54, 1.807) is 29.2 Å². The Labute approximate surface area is 222 Å². The van der Waals surface area contributed by atoms with Crippen molar-refractivity contribution >= 4 is 27.5 Å². The standard InChI is InChI=1S/C28H41N3O5S/c1-7-22(4)29-28(33)24(8-2)30(20-23-14-11-13-21(3)19-23)27(32)17-12-18-31(37(6,34)35)25-15-9-10-16-26(25)36-5/h9-11,13-16,19,22,24H,7-8,12,17-18,20H2,1-6H3,(H,29,33)/t22-,24-/m1/s1. The predicted molar refractivity (Wildman–Crippen MR) is 148 cm³/mol. The van der Waals surface area contributed by atoms with E-state index in [1.165, 1.54) is 11.4 Å². The van der Waals surface area contributed by atoms with Gasteiger partial charge in [-0.2, -0.15) is 0 Å². The highest BCUT2D eigenvalue weighted by molar-refractivity contribution is 7.92. The van der Waals surface area contributed by atoms with Crippen LogP contribution in [0, 0.1) is 6.92 Å². The molecule has 2 aromatic carbocycles. The van der Waals surface area contributed by atoms with Crippen LogP contribution >= 0.6 is 0 Å². The Morgan fingerprint density at radius 2 is 1.76 bits per heavy atom. The molecule has 0 heterocycles. The van der Waals surface area contributed by atoms with Crippen molar-refractivity contribution < 1.29 is 22.7 Å². The molecule has 0 unspecified atom stereocenters. The summed E-state index contributed by atoms with van der Waals surface area (Å²) >= 11 is 0. The number of anilines is 1. The van der Waals surface area contributed by atoms with Crippen LogP contribution in [0.25, 0.3) is 0 Å². The molecule has 0 bridgehead atoms. The van der Waals surface area contributed by atoms with Crippen LogP contribution in [0.1, 0.15) is 57.6 Å². The average Bonchev–Trinajstić information content (AvgIpc) is 2.85. The van der Waals surface area contributed by atoms with Crippen molar-refractivity contribution in [3.63, 3.8) is 0 Å². The van der Waals surface area contributed by atoms with E-state index in [2.05, 4.69) is 5.32 Å². The summed E-state index contributed by atoms with van der Waals surface area (Å²) in [6.07, 6.45) is 2.78. The molecule has 0 fully saturated rings. The van der Waals surface area contributed by atoms with Crippen molar-refractivity contribution in [3.8, 4) is 5.75 Å². The van der Waals surface area contributed by atoms with Crippen molar-refractivity contribution in [2.75, 3.05) is 24.2 Å². The number of ether oxygens (including phenoxy) is 1. The van der Waals surface area contributed by atoms with Gasteiger partial charge in [0.25, 0.3) is 0 Å². The van der Waals surface area contributed by atoms with Crippen molar-refractivity contribution in [2.24, 2.45) is 0 Å². The van der Waals surface area contributed by atoms with E-state index in [1.807, 2.05) is 52.0 Å². The number of hydrogen-bond acceptors (Lipinski definition) is 5. The van der Waals surface area contributed by atoms with E-state index in [0.717, 1.165) is 23.8 Å². The number of benzene rings is 2. The molecule has 37 heavy (non-hydrogen) atoms. The molecule has 2 aromatic rings. The first-order valence-electron chi connectivity index (χ1n) is 12.8. The third-order valence-corrected chi connectivity index (χ3v) is 7.51. The zero-order valence-electron chi connectivity index (χ0n) is 22.9. The summed E-state index contributed by atoms with van der Waals surface area (Å²) < 4.78 is 31.8. The number of hydrogen-bond donors (Lipinski definition) is 1. The van der Waals surface area contributed by atoms with Gasteiger partial charge >= 0.3 is 0 Å². The van der Waals surface area contributed by atoms with E-state index >= 15 is 0 Å². The van der Waals surface area contributed by atoms with Gasteiger partial charge in [0.15, 0.2) is 0 Å². The maximum absolute atomic E-state index is 13.5. The maximum Gasteiger partial charge on any atom is 0.243 e. The number of carbonyl (C=O) groups is 2. The second kappa shape index (κ2) is 14.0. The number of amides is 2. The second-order valence-electron chi connectivity index (χ2n) is 9.36. The fraction of sp³-hybridized carbons (Fsp3) is 0.500. The first kappa shape index (κ1) is 30.2. The molecule has 0 aliphatic carbocycles. The molecule has 0 aliphatic rings. The van der Waals surface area contributed by atoms with Crippen LogP contribution in [-0.4, -0.2) is 57.1 Å². The van der Waals surface area contributed by atoms with E-state index < -0.39 is 16.1 Å². The summed E-state index contributed by atoms with van der Waals surface area (Å²) in [6, 6.07) is 14.1. The van der Waals surface area contributed by atoms with Crippen LogP contribution in [0.4, 0.5) is 5.69 Å². The predicted octanol–water partition coefficient (Wildman–Crippen LogP) is 4.27. The zero-order chi connectivity index (χ0) is 27.6. The highest BCUT2D eigenvalue weighted by atomic mass is 32.2. The van der Waals surface area contributed by atoms with Crippen LogP contribution in [0.2, 0.25) is 0 Å². The normalized spacial score (nSPS) is 12.9. The molecule has 2 rings (SSSR count). The third-order valence-electron chi connectivity index (χ3n) is 6.33. The molecule has 0 aromatic heterocycles. The van der Waals surface area contributed by atoms with Gasteiger partial charge in [0, 0.05) is 25.6 Å². The van der Waals surface area contributed by atoms with Crippen LogP contribution in [0.5, 0.6) is 5.75 Å². The number of carbonyl (C=O) groups excluding carboxylic acids is 2. The Bertz CT molecular complexity index is 1150. The van der Waals surface area contributed by atoms with Gasteiger partial charge in [-0.15, -0.1) is 0 Å². The van der Waals surface area contributed by atoms with Gasteiger partial charge < -0.3 is 15.0 Å². The smallest absolute Gasteiger partial charge is 0.243 e. The Kier molecular flexibility index (Phi) is 11.4. The van der Waals surface area contributed by atoms with Crippen LogP contribution in [-0.2, 0) is 26.2 Å². The molecule has 204 valence electrons. The molecule has 0 saturated heterocycles. The molecule has 0 aliphatic heterocycles. The molecule has 2 amide bonds. The summed E-state index contributed by atoms with van der Waals surface area (Å²) in [5, 5.41) is 3.01. The van der Waals surface area contributed by atoms with Gasteiger partial charge in [0.1, 0.15) is 11.8 Å². The highest BCUT2D eigenvalue weighted by Gasteiger charge is 2.29. The quantitative estimate of drug-likeness (QED) is 0.393. The van der Waals surface area contributed by atoms with Crippen molar-refractivity contribution in [3.05, 3.63) is 59.7 Å². The molecule has 8 nitrogen and oxygen atoms in total. The van der Waals surface area contributed by atoms with Crippen molar-refractivity contribution in [2.45, 2.75) is 72.0 Å². The molecule has 1 N–H and O–H groups in total. The van der Waals surface area contributed by atoms with Crippen molar-refractivity contribution in [1.29, 1.82) is 0 Å². The van der Waals surface area contributed by atoms with Gasteiger partial charge in [0.05, 0.1) is 19.1 Å². The lowest BCUT2D eigenvalue weighted by Crippen LogP contribution is -2.50. The molecule has 2 atom stereocenters. The summed E-state index contributed by atoms with van der Waals surface area (Å²) in [5.41, 5.74) is 2.44. The number of para-hydroxylation sites is 2. The molecule has 9 heteroatoms. The molecule has 0 saturated carbocycles. The first-order chi connectivity index (χ1) is 17.5. The summed E-state index contributed by atoms with van der Waals surface area (Å²) in [6.45, 7) is 8.23. The lowest BCUT2D eigenvalue weighted by molar-refractivity contribution is -0.141. The fourth-order valence-electron chi connectivity index (χ4n) is 4.19. The molecular formula is C28H41N3O5S. The number of aryl methyl sites for hydroxylation is 1. The number of methoxy groups -OCH3 is 1. The first-order valence-corrected chi connectivity index (χ1v) is 14.6. The Morgan fingerprint density at radius 3 is 2.35 bits per heavy atom. The van der Waals surface area contributed by atoms with E-state index in [-0.39, 0.29) is 37.2 Å². The van der Waals surface area contributed by atoms with E-state index in [0.29, 0.717) is 24.4 Å². The monoisotopic (exact) mass is 531 g/mol. The van der Waals surface area contributed by atoms with Gasteiger partial charge in [-0.3, -0.25) is 13.9 Å². The average molecular weight is 532 g/mol. The summed E-state index contributed by atoms with van der Waals surface area (Å²) in [5.74, 6) is 0.0684. The van der Waals surface area contributed by atoms with Gasteiger partial charge in [-0.1, -0.05) is 55.8 Å². The third kappa shape index (κ3) is 8.77. The summed E-state index contributed by atoms with van der Waals surface area (Å²) in [7, 11) is -2.12. The number of nitrogens with zero attached hydrogens (tertiary/aromatic N) is 2. The largest absolute Gasteiger partial charge is 0.495 e. The second-order valence-corrected chi connectivity index (χ2v) is 11.3. The number of sulfonamides is 1. The Hall–Kier alpha value is -3.07. The van der Waals surface area contributed by atoms with Crippen LogP contribution < -0.4 is 14.4 Å². The van der Waals surface area contributed by atoms with E-state index in [4.69, 9.17) is 4.74 Å². The van der Waals surface area contributed by atoms with Crippen LogP contribution in [0.15, 0.2) is 48.5 Å². The highest BCUT2D eigenvalue weighted by Crippen LogP contribution is 2.29. The summed E-state index contributed by atoms with van der Waals surface area (Å²) in [4.78, 5) is 28.3. The Morgan fingerprint density at radius 1 is 1.05 bits per heavy atom. The fourth-order valence-corrected chi connectivity index (χ4v) is 5.15. The minimum absolute atomic E-state index is 0.00152.